The van der Waals surface area contributed by atoms with Crippen LogP contribution in [-0.4, -0.2) is 43.0 Å². The zero-order chi connectivity index (χ0) is 21.0. The van der Waals surface area contributed by atoms with Gasteiger partial charge in [-0.1, -0.05) is 17.7 Å². The van der Waals surface area contributed by atoms with E-state index in [-0.39, 0.29) is 11.3 Å². The predicted octanol–water partition coefficient (Wildman–Crippen LogP) is 2.12. The summed E-state index contributed by atoms with van der Waals surface area (Å²) in [6, 6.07) is 9.60. The van der Waals surface area contributed by atoms with Crippen molar-refractivity contribution in [2.45, 2.75) is 13.8 Å². The normalized spacial score (nSPS) is 13.7. The molecule has 2 aromatic rings. The van der Waals surface area contributed by atoms with Gasteiger partial charge in [0.1, 0.15) is 5.69 Å². The van der Waals surface area contributed by atoms with E-state index >= 15 is 0 Å². The zero-order valence-electron chi connectivity index (χ0n) is 16.2. The number of nitro benzene ring substituents is 1. The molecule has 3 rings (SSSR count). The molecule has 1 saturated heterocycles. The van der Waals surface area contributed by atoms with Gasteiger partial charge in [0.25, 0.3) is 17.5 Å². The van der Waals surface area contributed by atoms with E-state index in [1.807, 2.05) is 17.9 Å². The Morgan fingerprint density at radius 1 is 1.03 bits per heavy atom. The van der Waals surface area contributed by atoms with Gasteiger partial charge in [-0.2, -0.15) is 0 Å². The van der Waals surface area contributed by atoms with E-state index in [0.29, 0.717) is 37.6 Å². The number of carbonyl (C=O) groups is 2. The van der Waals surface area contributed by atoms with Gasteiger partial charge in [0, 0.05) is 30.3 Å². The quantitative estimate of drug-likeness (QED) is 0.602. The van der Waals surface area contributed by atoms with Gasteiger partial charge < -0.3 is 9.64 Å². The van der Waals surface area contributed by atoms with Crippen LogP contribution in [0.5, 0.6) is 0 Å². The maximum absolute atomic E-state index is 12.4. The Morgan fingerprint density at radius 2 is 1.72 bits per heavy atom. The first-order chi connectivity index (χ1) is 13.9. The smallest absolute Gasteiger partial charge is 0.293 e. The number of amides is 2. The fourth-order valence-electron chi connectivity index (χ4n) is 3.20. The maximum atomic E-state index is 12.4. The van der Waals surface area contributed by atoms with E-state index < -0.39 is 16.7 Å². The Bertz CT molecular complexity index is 954. The molecule has 1 aliphatic rings. The number of ether oxygens (including phenoxy) is 1. The van der Waals surface area contributed by atoms with Crippen LogP contribution in [-0.2, 0) is 4.74 Å². The summed E-state index contributed by atoms with van der Waals surface area (Å²) < 4.78 is 5.27. The summed E-state index contributed by atoms with van der Waals surface area (Å²) in [4.78, 5) is 37.5. The van der Waals surface area contributed by atoms with Crippen LogP contribution in [0.1, 0.15) is 31.8 Å². The fraction of sp³-hybridized carbons (Fsp3) is 0.300. The molecule has 2 amide bonds. The number of nitro groups is 1. The molecular formula is C20H22N4O5. The van der Waals surface area contributed by atoms with Crippen molar-refractivity contribution in [1.29, 1.82) is 0 Å². The standard InChI is InChI=1S/C20H22N4O5/c1-13-3-5-16(14(2)11-13)20(26)22-21-19(25)15-4-6-17(18(12-15)24(27)28)23-7-9-29-10-8-23/h3-6,11-12H,7-10H2,1-2H3,(H,21,25)(H,22,26). The molecule has 0 spiro atoms. The Morgan fingerprint density at radius 3 is 2.38 bits per heavy atom. The lowest BCUT2D eigenvalue weighted by Gasteiger charge is -2.28. The minimum Gasteiger partial charge on any atom is -0.378 e. The van der Waals surface area contributed by atoms with Gasteiger partial charge in [-0.15, -0.1) is 0 Å². The molecule has 0 aliphatic carbocycles. The topological polar surface area (TPSA) is 114 Å². The van der Waals surface area contributed by atoms with Crippen molar-refractivity contribution < 1.29 is 19.2 Å². The number of aryl methyl sites for hydroxylation is 2. The van der Waals surface area contributed by atoms with Crippen LogP contribution in [0.2, 0.25) is 0 Å². The highest BCUT2D eigenvalue weighted by Crippen LogP contribution is 2.29. The van der Waals surface area contributed by atoms with E-state index in [2.05, 4.69) is 10.9 Å². The number of morpholine rings is 1. The minimum atomic E-state index is -0.639. The third kappa shape index (κ3) is 4.69. The van der Waals surface area contributed by atoms with Crippen LogP contribution in [0.3, 0.4) is 0 Å². The first kappa shape index (κ1) is 20.3. The number of carbonyl (C=O) groups excluding carboxylic acids is 2. The van der Waals surface area contributed by atoms with Crippen LogP contribution < -0.4 is 15.8 Å². The molecule has 0 saturated carbocycles. The van der Waals surface area contributed by atoms with Crippen molar-refractivity contribution in [2.24, 2.45) is 0 Å². The SMILES string of the molecule is Cc1ccc(C(=O)NNC(=O)c2ccc(N3CCOCC3)c([N+](=O)[O-])c2)c(C)c1. The van der Waals surface area contributed by atoms with Gasteiger partial charge in [-0.05, 0) is 37.6 Å². The molecule has 152 valence electrons. The van der Waals surface area contributed by atoms with Gasteiger partial charge >= 0.3 is 0 Å². The second kappa shape index (κ2) is 8.70. The van der Waals surface area contributed by atoms with E-state index in [0.717, 1.165) is 11.1 Å². The Balaban J connectivity index is 1.72. The fourth-order valence-corrected chi connectivity index (χ4v) is 3.20. The van der Waals surface area contributed by atoms with Crippen molar-refractivity contribution in [2.75, 3.05) is 31.2 Å². The molecule has 1 fully saturated rings. The number of nitrogens with zero attached hydrogens (tertiary/aromatic N) is 2. The van der Waals surface area contributed by atoms with E-state index in [4.69, 9.17) is 4.74 Å². The first-order valence-corrected chi connectivity index (χ1v) is 9.16. The second-order valence-electron chi connectivity index (χ2n) is 6.79. The molecule has 2 N–H and O–H groups in total. The predicted molar refractivity (Wildman–Crippen MR) is 107 cm³/mol. The molecular weight excluding hydrogens is 376 g/mol. The third-order valence-electron chi connectivity index (χ3n) is 4.70. The highest BCUT2D eigenvalue weighted by molar-refractivity contribution is 6.00. The molecule has 2 aromatic carbocycles. The van der Waals surface area contributed by atoms with Crippen LogP contribution >= 0.6 is 0 Å². The number of rotatable bonds is 4. The largest absolute Gasteiger partial charge is 0.378 e. The zero-order valence-corrected chi connectivity index (χ0v) is 16.2. The first-order valence-electron chi connectivity index (χ1n) is 9.16. The molecule has 9 heteroatoms. The van der Waals surface area contributed by atoms with Gasteiger partial charge in [0.15, 0.2) is 0 Å². The summed E-state index contributed by atoms with van der Waals surface area (Å²) >= 11 is 0. The lowest BCUT2D eigenvalue weighted by atomic mass is 10.1. The van der Waals surface area contributed by atoms with Gasteiger partial charge in [0.05, 0.1) is 18.1 Å². The van der Waals surface area contributed by atoms with Crippen LogP contribution in [0, 0.1) is 24.0 Å². The van der Waals surface area contributed by atoms with Crippen LogP contribution in [0.15, 0.2) is 36.4 Å². The number of hydrazine groups is 1. The highest BCUT2D eigenvalue weighted by Gasteiger charge is 2.23. The second-order valence-corrected chi connectivity index (χ2v) is 6.79. The van der Waals surface area contributed by atoms with E-state index in [1.165, 1.54) is 12.1 Å². The molecule has 0 unspecified atom stereocenters. The summed E-state index contributed by atoms with van der Waals surface area (Å²) in [5.41, 5.74) is 7.25. The molecule has 0 radical (unpaired) electrons. The Kier molecular flexibility index (Phi) is 6.08. The molecule has 1 aliphatic heterocycles. The Labute approximate surface area is 167 Å². The van der Waals surface area contributed by atoms with Gasteiger partial charge in [0.2, 0.25) is 0 Å². The summed E-state index contributed by atoms with van der Waals surface area (Å²) in [7, 11) is 0. The summed E-state index contributed by atoms with van der Waals surface area (Å²) in [5.74, 6) is -1.10. The van der Waals surface area contributed by atoms with Crippen molar-refractivity contribution in [3.8, 4) is 0 Å². The molecule has 0 atom stereocenters. The molecule has 0 bridgehead atoms. The van der Waals surface area contributed by atoms with Crippen LogP contribution in [0.25, 0.3) is 0 Å². The van der Waals surface area contributed by atoms with E-state index in [9.17, 15) is 19.7 Å². The van der Waals surface area contributed by atoms with E-state index in [1.54, 1.807) is 25.1 Å². The number of hydrogen-bond acceptors (Lipinski definition) is 6. The average Bonchev–Trinajstić information content (AvgIpc) is 2.72. The lowest BCUT2D eigenvalue weighted by molar-refractivity contribution is -0.384. The minimum absolute atomic E-state index is 0.0784. The summed E-state index contributed by atoms with van der Waals surface area (Å²) in [6.45, 7) is 5.78. The molecule has 0 aromatic heterocycles. The molecule has 9 nitrogen and oxygen atoms in total. The number of hydrogen-bond donors (Lipinski definition) is 2. The van der Waals surface area contributed by atoms with Crippen LogP contribution in [0.4, 0.5) is 11.4 Å². The monoisotopic (exact) mass is 398 g/mol. The number of anilines is 1. The van der Waals surface area contributed by atoms with Crippen molar-refractivity contribution >= 4 is 23.2 Å². The maximum Gasteiger partial charge on any atom is 0.293 e. The van der Waals surface area contributed by atoms with Crippen molar-refractivity contribution in [1.82, 2.24) is 10.9 Å². The summed E-state index contributed by atoms with van der Waals surface area (Å²) in [6.07, 6.45) is 0. The Hall–Kier alpha value is -3.46. The van der Waals surface area contributed by atoms with Crippen molar-refractivity contribution in [3.05, 3.63) is 68.8 Å². The van der Waals surface area contributed by atoms with Crippen molar-refractivity contribution in [3.63, 3.8) is 0 Å². The molecule has 1 heterocycles. The van der Waals surface area contributed by atoms with Gasteiger partial charge in [-0.3, -0.25) is 30.6 Å². The number of benzene rings is 2. The average molecular weight is 398 g/mol. The van der Waals surface area contributed by atoms with Gasteiger partial charge in [-0.25, -0.2) is 0 Å². The molecule has 29 heavy (non-hydrogen) atoms. The third-order valence-corrected chi connectivity index (χ3v) is 4.70. The summed E-state index contributed by atoms with van der Waals surface area (Å²) in [5, 5.41) is 11.5. The number of nitrogens with one attached hydrogen (secondary N) is 2. The lowest BCUT2D eigenvalue weighted by Crippen LogP contribution is -2.42. The highest BCUT2D eigenvalue weighted by atomic mass is 16.6.